The minimum Gasteiger partial charge on any atom is -0.497 e. The summed E-state index contributed by atoms with van der Waals surface area (Å²) in [6.45, 7) is 4.12. The van der Waals surface area contributed by atoms with E-state index in [1.807, 2.05) is 38.1 Å². The summed E-state index contributed by atoms with van der Waals surface area (Å²) in [5.74, 6) is 0.689. The first-order valence-electron chi connectivity index (χ1n) is 6.27. The lowest BCUT2D eigenvalue weighted by molar-refractivity contribution is -0.128. The maximum absolute atomic E-state index is 12.1. The molecule has 1 saturated heterocycles. The molecule has 1 atom stereocenters. The van der Waals surface area contributed by atoms with Crippen LogP contribution in [-0.2, 0) is 11.3 Å². The molecular weight excluding hydrogens is 244 g/mol. The molecular formula is C14H18N2O3. The lowest BCUT2D eigenvalue weighted by Crippen LogP contribution is -2.34. The predicted molar refractivity (Wildman–Crippen MR) is 70.7 cm³/mol. The molecule has 1 unspecified atom stereocenters. The van der Waals surface area contributed by atoms with Gasteiger partial charge in [0, 0.05) is 0 Å². The van der Waals surface area contributed by atoms with E-state index in [2.05, 4.69) is 5.32 Å². The molecule has 0 saturated carbocycles. The van der Waals surface area contributed by atoms with Crippen molar-refractivity contribution in [2.24, 2.45) is 5.92 Å². The second kappa shape index (κ2) is 5.30. The van der Waals surface area contributed by atoms with Gasteiger partial charge in [0.05, 0.1) is 13.7 Å². The number of benzene rings is 1. The number of urea groups is 1. The third-order valence-corrected chi connectivity index (χ3v) is 3.22. The van der Waals surface area contributed by atoms with E-state index in [0.717, 1.165) is 11.3 Å². The Hall–Kier alpha value is -2.04. The minimum atomic E-state index is -0.411. The molecule has 3 amide bonds. The molecule has 0 aromatic heterocycles. The second-order valence-electron chi connectivity index (χ2n) is 4.94. The fourth-order valence-corrected chi connectivity index (χ4v) is 2.06. The molecule has 0 bridgehead atoms. The van der Waals surface area contributed by atoms with Gasteiger partial charge in [0.1, 0.15) is 11.8 Å². The van der Waals surface area contributed by atoms with Gasteiger partial charge in [-0.2, -0.15) is 0 Å². The zero-order valence-corrected chi connectivity index (χ0v) is 11.3. The zero-order chi connectivity index (χ0) is 14.0. The summed E-state index contributed by atoms with van der Waals surface area (Å²) in [7, 11) is 1.60. The van der Waals surface area contributed by atoms with Gasteiger partial charge in [-0.15, -0.1) is 0 Å². The summed E-state index contributed by atoms with van der Waals surface area (Å²) in [6, 6.07) is 6.59. The van der Waals surface area contributed by atoms with E-state index in [0.29, 0.717) is 0 Å². The molecule has 1 fully saturated rings. The summed E-state index contributed by atoms with van der Waals surface area (Å²) in [6.07, 6.45) is 0. The summed E-state index contributed by atoms with van der Waals surface area (Å²) < 4.78 is 5.07. The number of rotatable bonds is 4. The zero-order valence-electron chi connectivity index (χ0n) is 11.3. The fourth-order valence-electron chi connectivity index (χ4n) is 2.06. The van der Waals surface area contributed by atoms with Gasteiger partial charge >= 0.3 is 6.03 Å². The minimum absolute atomic E-state index is 0.0947. The SMILES string of the molecule is COc1ccc(CN2C(=O)NC(C(C)C)C2=O)cc1. The van der Waals surface area contributed by atoms with Crippen LogP contribution in [0.1, 0.15) is 19.4 Å². The van der Waals surface area contributed by atoms with Crippen LogP contribution >= 0.6 is 0 Å². The van der Waals surface area contributed by atoms with Crippen LogP contribution in [0.25, 0.3) is 0 Å². The lowest BCUT2D eigenvalue weighted by atomic mass is 10.0. The Kier molecular flexibility index (Phi) is 3.74. The first kappa shape index (κ1) is 13.4. The van der Waals surface area contributed by atoms with Crippen LogP contribution in [0.3, 0.4) is 0 Å². The number of hydrogen-bond donors (Lipinski definition) is 1. The molecule has 5 nitrogen and oxygen atoms in total. The summed E-state index contributed by atoms with van der Waals surface area (Å²) in [5, 5.41) is 2.71. The summed E-state index contributed by atoms with van der Waals surface area (Å²) in [5.41, 5.74) is 0.897. The highest BCUT2D eigenvalue weighted by molar-refractivity contribution is 6.04. The Labute approximate surface area is 112 Å². The molecule has 1 heterocycles. The van der Waals surface area contributed by atoms with Crippen LogP contribution < -0.4 is 10.1 Å². The lowest BCUT2D eigenvalue weighted by Gasteiger charge is -2.14. The average molecular weight is 262 g/mol. The van der Waals surface area contributed by atoms with Crippen LogP contribution in [0, 0.1) is 5.92 Å². The number of hydrogen-bond acceptors (Lipinski definition) is 3. The van der Waals surface area contributed by atoms with Crippen molar-refractivity contribution in [2.75, 3.05) is 7.11 Å². The number of carbonyl (C=O) groups is 2. The van der Waals surface area contributed by atoms with Crippen LogP contribution in [0.5, 0.6) is 5.75 Å². The van der Waals surface area contributed by atoms with E-state index < -0.39 is 6.04 Å². The van der Waals surface area contributed by atoms with E-state index in [9.17, 15) is 9.59 Å². The second-order valence-corrected chi connectivity index (χ2v) is 4.94. The van der Waals surface area contributed by atoms with Crippen molar-refractivity contribution >= 4 is 11.9 Å². The summed E-state index contributed by atoms with van der Waals surface area (Å²) >= 11 is 0. The first-order chi connectivity index (χ1) is 9.02. The number of nitrogens with one attached hydrogen (secondary N) is 1. The molecule has 0 spiro atoms. The smallest absolute Gasteiger partial charge is 0.325 e. The molecule has 0 aliphatic carbocycles. The number of imide groups is 1. The Balaban J connectivity index is 2.10. The third-order valence-electron chi connectivity index (χ3n) is 3.22. The van der Waals surface area contributed by atoms with Crippen molar-refractivity contribution in [1.82, 2.24) is 10.2 Å². The van der Waals surface area contributed by atoms with Gasteiger partial charge in [-0.05, 0) is 23.6 Å². The molecule has 102 valence electrons. The number of amides is 3. The fraction of sp³-hybridized carbons (Fsp3) is 0.429. The van der Waals surface area contributed by atoms with Crippen LogP contribution in [0.4, 0.5) is 4.79 Å². The van der Waals surface area contributed by atoms with E-state index in [4.69, 9.17) is 4.74 Å². The van der Waals surface area contributed by atoms with Gasteiger partial charge in [0.2, 0.25) is 0 Å². The van der Waals surface area contributed by atoms with E-state index >= 15 is 0 Å². The van der Waals surface area contributed by atoms with Crippen molar-refractivity contribution in [3.05, 3.63) is 29.8 Å². The largest absolute Gasteiger partial charge is 0.497 e. The number of methoxy groups -OCH3 is 1. The first-order valence-corrected chi connectivity index (χ1v) is 6.27. The molecule has 2 rings (SSSR count). The maximum atomic E-state index is 12.1. The molecule has 1 aromatic carbocycles. The van der Waals surface area contributed by atoms with E-state index in [1.54, 1.807) is 7.11 Å². The number of nitrogens with zero attached hydrogens (tertiary/aromatic N) is 1. The predicted octanol–water partition coefficient (Wildman–Crippen LogP) is 1.77. The Bertz CT molecular complexity index is 482. The molecule has 5 heteroatoms. The standard InChI is InChI=1S/C14H18N2O3/c1-9(2)12-13(17)16(14(18)15-12)8-10-4-6-11(19-3)7-5-10/h4-7,9,12H,8H2,1-3H3,(H,15,18). The van der Waals surface area contributed by atoms with Crippen molar-refractivity contribution in [3.63, 3.8) is 0 Å². The third kappa shape index (κ3) is 2.70. The molecule has 0 radical (unpaired) electrons. The Morgan fingerprint density at radius 2 is 1.89 bits per heavy atom. The van der Waals surface area contributed by atoms with Crippen molar-refractivity contribution in [3.8, 4) is 5.75 Å². The highest BCUT2D eigenvalue weighted by Gasteiger charge is 2.39. The van der Waals surface area contributed by atoms with E-state index in [-0.39, 0.29) is 24.4 Å². The Morgan fingerprint density at radius 1 is 1.26 bits per heavy atom. The highest BCUT2D eigenvalue weighted by Crippen LogP contribution is 2.18. The molecule has 1 aliphatic heterocycles. The highest BCUT2D eigenvalue weighted by atomic mass is 16.5. The van der Waals surface area contributed by atoms with Gasteiger partial charge < -0.3 is 10.1 Å². The quantitative estimate of drug-likeness (QED) is 0.841. The van der Waals surface area contributed by atoms with Gasteiger partial charge in [0.15, 0.2) is 0 Å². The molecule has 1 aromatic rings. The van der Waals surface area contributed by atoms with Gasteiger partial charge in [-0.25, -0.2) is 4.79 Å². The van der Waals surface area contributed by atoms with Crippen molar-refractivity contribution in [1.29, 1.82) is 0 Å². The number of ether oxygens (including phenoxy) is 1. The van der Waals surface area contributed by atoms with Crippen LogP contribution in [-0.4, -0.2) is 30.0 Å². The van der Waals surface area contributed by atoms with E-state index in [1.165, 1.54) is 4.90 Å². The van der Waals surface area contributed by atoms with Crippen molar-refractivity contribution < 1.29 is 14.3 Å². The van der Waals surface area contributed by atoms with Gasteiger partial charge in [-0.1, -0.05) is 26.0 Å². The van der Waals surface area contributed by atoms with Crippen LogP contribution in [0.15, 0.2) is 24.3 Å². The molecule has 1 aliphatic rings. The maximum Gasteiger partial charge on any atom is 0.325 e. The van der Waals surface area contributed by atoms with Gasteiger partial charge in [-0.3, -0.25) is 9.69 Å². The Morgan fingerprint density at radius 3 is 2.37 bits per heavy atom. The number of carbonyl (C=O) groups excluding carboxylic acids is 2. The van der Waals surface area contributed by atoms with Crippen LogP contribution in [0.2, 0.25) is 0 Å². The summed E-state index contributed by atoms with van der Waals surface area (Å²) in [4.78, 5) is 25.2. The molecule has 1 N–H and O–H groups in total. The molecule has 19 heavy (non-hydrogen) atoms. The normalized spacial score (nSPS) is 18.9. The van der Waals surface area contributed by atoms with Crippen molar-refractivity contribution in [2.45, 2.75) is 26.4 Å². The topological polar surface area (TPSA) is 58.6 Å². The average Bonchev–Trinajstić information content (AvgIpc) is 2.68. The monoisotopic (exact) mass is 262 g/mol. The van der Waals surface area contributed by atoms with Gasteiger partial charge in [0.25, 0.3) is 5.91 Å².